The molecule has 17 heavy (non-hydrogen) atoms. The van der Waals surface area contributed by atoms with Crippen LogP contribution in [0.1, 0.15) is 47.8 Å². The van der Waals surface area contributed by atoms with Crippen LogP contribution in [0.4, 0.5) is 0 Å². The Bertz CT molecular complexity index is 396. The average Bonchev–Trinajstić information content (AvgIpc) is 2.59. The molecule has 1 N–H and O–H groups in total. The van der Waals surface area contributed by atoms with E-state index in [9.17, 15) is 4.79 Å². The number of hydrogen-bond donors (Lipinski definition) is 1. The van der Waals surface area contributed by atoms with Gasteiger partial charge < -0.3 is 5.32 Å². The van der Waals surface area contributed by atoms with Crippen LogP contribution < -0.4 is 5.32 Å². The van der Waals surface area contributed by atoms with Crippen LogP contribution in [-0.4, -0.2) is 11.9 Å². The van der Waals surface area contributed by atoms with Gasteiger partial charge >= 0.3 is 0 Å². The second-order valence-corrected chi connectivity index (χ2v) is 7.38. The Labute approximate surface area is 115 Å². The van der Waals surface area contributed by atoms with Crippen molar-refractivity contribution in [1.82, 2.24) is 5.32 Å². The van der Waals surface area contributed by atoms with Crippen molar-refractivity contribution in [2.75, 3.05) is 0 Å². The lowest BCUT2D eigenvalue weighted by molar-refractivity contribution is 0.0925. The van der Waals surface area contributed by atoms with E-state index in [4.69, 9.17) is 0 Å². The standard InChI is InChI=1S/C13H18BrNOS/c1-8-4-3-5-10(6-8)15-13(16)11-7-9(2)12(14)17-11/h7-8,10H,3-6H2,1-2H3,(H,15,16). The lowest BCUT2D eigenvalue weighted by Gasteiger charge is -2.27. The van der Waals surface area contributed by atoms with Crippen LogP contribution >= 0.6 is 27.3 Å². The van der Waals surface area contributed by atoms with Gasteiger partial charge in [-0.05, 0) is 53.2 Å². The highest BCUT2D eigenvalue weighted by Gasteiger charge is 2.21. The number of aryl methyl sites for hydroxylation is 1. The molecule has 2 rings (SSSR count). The molecule has 1 heterocycles. The van der Waals surface area contributed by atoms with E-state index in [1.165, 1.54) is 24.2 Å². The normalized spacial score (nSPS) is 24.6. The molecule has 0 saturated heterocycles. The van der Waals surface area contributed by atoms with Crippen LogP contribution in [0.5, 0.6) is 0 Å². The minimum absolute atomic E-state index is 0.0860. The van der Waals surface area contributed by atoms with Crippen molar-refractivity contribution in [2.24, 2.45) is 5.92 Å². The summed E-state index contributed by atoms with van der Waals surface area (Å²) in [6, 6.07) is 2.32. The molecule has 2 nitrogen and oxygen atoms in total. The number of nitrogens with one attached hydrogen (secondary N) is 1. The summed E-state index contributed by atoms with van der Waals surface area (Å²) in [4.78, 5) is 12.9. The lowest BCUT2D eigenvalue weighted by Crippen LogP contribution is -2.37. The third kappa shape index (κ3) is 3.32. The third-order valence-electron chi connectivity index (χ3n) is 3.35. The van der Waals surface area contributed by atoms with E-state index in [1.54, 1.807) is 0 Å². The lowest BCUT2D eigenvalue weighted by atomic mass is 9.87. The van der Waals surface area contributed by atoms with Gasteiger partial charge in [-0.25, -0.2) is 0 Å². The predicted octanol–water partition coefficient (Wildman–Crippen LogP) is 4.13. The number of thiophene rings is 1. The summed E-state index contributed by atoms with van der Waals surface area (Å²) in [5.41, 5.74) is 1.14. The maximum absolute atomic E-state index is 12.1. The predicted molar refractivity (Wildman–Crippen MR) is 75.6 cm³/mol. The van der Waals surface area contributed by atoms with Crippen molar-refractivity contribution in [2.45, 2.75) is 45.6 Å². The average molecular weight is 316 g/mol. The van der Waals surface area contributed by atoms with Gasteiger partial charge in [-0.3, -0.25) is 4.79 Å². The van der Waals surface area contributed by atoms with Gasteiger partial charge in [0.2, 0.25) is 0 Å². The van der Waals surface area contributed by atoms with Crippen LogP contribution in [0, 0.1) is 12.8 Å². The van der Waals surface area contributed by atoms with E-state index >= 15 is 0 Å². The first-order chi connectivity index (χ1) is 8.06. The fourth-order valence-electron chi connectivity index (χ4n) is 2.39. The van der Waals surface area contributed by atoms with Crippen LogP contribution in [0.15, 0.2) is 9.85 Å². The molecule has 1 aromatic heterocycles. The minimum Gasteiger partial charge on any atom is -0.349 e. The summed E-state index contributed by atoms with van der Waals surface area (Å²) >= 11 is 4.97. The molecule has 1 aliphatic carbocycles. The molecule has 4 heteroatoms. The van der Waals surface area contributed by atoms with Crippen LogP contribution in [-0.2, 0) is 0 Å². The summed E-state index contributed by atoms with van der Waals surface area (Å²) in [6.45, 7) is 4.28. The highest BCUT2D eigenvalue weighted by Crippen LogP contribution is 2.28. The molecule has 0 spiro atoms. The largest absolute Gasteiger partial charge is 0.349 e. The SMILES string of the molecule is Cc1cc(C(=O)NC2CCCC(C)C2)sc1Br. The van der Waals surface area contributed by atoms with Gasteiger partial charge in [0.1, 0.15) is 0 Å². The van der Waals surface area contributed by atoms with Gasteiger partial charge in [0, 0.05) is 6.04 Å². The summed E-state index contributed by atoms with van der Waals surface area (Å²) < 4.78 is 1.06. The Morgan fingerprint density at radius 2 is 2.29 bits per heavy atom. The van der Waals surface area contributed by atoms with Crippen molar-refractivity contribution in [3.63, 3.8) is 0 Å². The van der Waals surface area contributed by atoms with Crippen LogP contribution in [0.2, 0.25) is 0 Å². The molecule has 2 atom stereocenters. The highest BCUT2D eigenvalue weighted by atomic mass is 79.9. The number of carbonyl (C=O) groups is 1. The summed E-state index contributed by atoms with van der Waals surface area (Å²) in [5, 5.41) is 3.16. The summed E-state index contributed by atoms with van der Waals surface area (Å²) in [6.07, 6.45) is 4.79. The third-order valence-corrected chi connectivity index (χ3v) is 5.49. The fourth-order valence-corrected chi connectivity index (χ4v) is 3.83. The minimum atomic E-state index is 0.0860. The van der Waals surface area contributed by atoms with Crippen molar-refractivity contribution in [1.29, 1.82) is 0 Å². The van der Waals surface area contributed by atoms with Crippen molar-refractivity contribution in [3.05, 3.63) is 20.3 Å². The van der Waals surface area contributed by atoms with Gasteiger partial charge in [0.25, 0.3) is 5.91 Å². The van der Waals surface area contributed by atoms with E-state index in [1.807, 2.05) is 13.0 Å². The van der Waals surface area contributed by atoms with E-state index in [2.05, 4.69) is 28.2 Å². The Morgan fingerprint density at radius 1 is 1.53 bits per heavy atom. The van der Waals surface area contributed by atoms with E-state index in [0.717, 1.165) is 33.0 Å². The van der Waals surface area contributed by atoms with Gasteiger partial charge in [-0.1, -0.05) is 19.8 Å². The molecule has 94 valence electrons. The molecule has 0 aromatic carbocycles. The second-order valence-electron chi connectivity index (χ2n) is 5.01. The highest BCUT2D eigenvalue weighted by molar-refractivity contribution is 9.11. The molecule has 0 radical (unpaired) electrons. The van der Waals surface area contributed by atoms with Crippen molar-refractivity contribution in [3.8, 4) is 0 Å². The van der Waals surface area contributed by atoms with Gasteiger partial charge in [-0.15, -0.1) is 11.3 Å². The maximum Gasteiger partial charge on any atom is 0.261 e. The quantitative estimate of drug-likeness (QED) is 0.873. The van der Waals surface area contributed by atoms with Gasteiger partial charge in [0.15, 0.2) is 0 Å². The Morgan fingerprint density at radius 3 is 2.88 bits per heavy atom. The molecule has 1 aliphatic rings. The smallest absolute Gasteiger partial charge is 0.261 e. The molecule has 1 fully saturated rings. The number of amides is 1. The van der Waals surface area contributed by atoms with Gasteiger partial charge in [0.05, 0.1) is 8.66 Å². The van der Waals surface area contributed by atoms with Crippen LogP contribution in [0.3, 0.4) is 0 Å². The molecular weight excluding hydrogens is 298 g/mol. The monoisotopic (exact) mass is 315 g/mol. The molecule has 0 bridgehead atoms. The first-order valence-corrected chi connectivity index (χ1v) is 7.74. The Balaban J connectivity index is 1.96. The first-order valence-electron chi connectivity index (χ1n) is 6.13. The van der Waals surface area contributed by atoms with Crippen molar-refractivity contribution < 1.29 is 4.79 Å². The summed E-state index contributed by atoms with van der Waals surface area (Å²) in [5.74, 6) is 0.828. The molecule has 1 amide bonds. The van der Waals surface area contributed by atoms with Crippen molar-refractivity contribution >= 4 is 33.2 Å². The van der Waals surface area contributed by atoms with E-state index < -0.39 is 0 Å². The molecular formula is C13H18BrNOS. The maximum atomic E-state index is 12.1. The Kier molecular flexibility index (Phi) is 4.26. The zero-order chi connectivity index (χ0) is 12.4. The van der Waals surface area contributed by atoms with E-state index in [-0.39, 0.29) is 5.91 Å². The topological polar surface area (TPSA) is 29.1 Å². The number of hydrogen-bond acceptors (Lipinski definition) is 2. The second kappa shape index (κ2) is 5.53. The van der Waals surface area contributed by atoms with Crippen LogP contribution in [0.25, 0.3) is 0 Å². The fraction of sp³-hybridized carbons (Fsp3) is 0.615. The first kappa shape index (κ1) is 13.1. The number of halogens is 1. The molecule has 0 aliphatic heterocycles. The molecule has 1 saturated carbocycles. The molecule has 2 unspecified atom stereocenters. The summed E-state index contributed by atoms with van der Waals surface area (Å²) in [7, 11) is 0. The number of carbonyl (C=O) groups excluding carboxylic acids is 1. The zero-order valence-corrected chi connectivity index (χ0v) is 12.7. The van der Waals surface area contributed by atoms with Gasteiger partial charge in [-0.2, -0.15) is 0 Å². The Hall–Kier alpha value is -0.350. The molecule has 1 aromatic rings. The number of rotatable bonds is 2. The zero-order valence-electron chi connectivity index (χ0n) is 10.3. The van der Waals surface area contributed by atoms with E-state index in [0.29, 0.717) is 6.04 Å².